The number of carbonyl (C=O) groups is 2. The number of pyridine rings is 1. The topological polar surface area (TPSA) is 136 Å². The third-order valence-electron chi connectivity index (χ3n) is 8.68. The summed E-state index contributed by atoms with van der Waals surface area (Å²) in [6.45, 7) is 8.45. The summed E-state index contributed by atoms with van der Waals surface area (Å²) < 4.78 is 40.9. The maximum Gasteiger partial charge on any atom is 0.412 e. The van der Waals surface area contributed by atoms with E-state index in [-0.39, 0.29) is 11.1 Å². The number of piperidine rings is 1. The van der Waals surface area contributed by atoms with Crippen molar-refractivity contribution in [3.63, 3.8) is 0 Å². The van der Waals surface area contributed by atoms with E-state index in [9.17, 15) is 14.4 Å². The second-order valence-electron chi connectivity index (χ2n) is 13.2. The van der Waals surface area contributed by atoms with Gasteiger partial charge in [-0.1, -0.05) is 6.42 Å². The van der Waals surface area contributed by atoms with Gasteiger partial charge in [-0.05, 0) is 101 Å². The largest absolute Gasteiger partial charge is 0.493 e. The van der Waals surface area contributed by atoms with Crippen LogP contribution in [-0.4, -0.2) is 88.9 Å². The highest BCUT2D eigenvalue weighted by atomic mass is 16.6. The predicted octanol–water partition coefficient (Wildman–Crippen LogP) is 6.69. The zero-order chi connectivity index (χ0) is 37.6. The molecule has 1 saturated heterocycles. The molecule has 1 N–H and O–H groups in total. The molecule has 0 aliphatic carbocycles. The summed E-state index contributed by atoms with van der Waals surface area (Å²) in [7, 11) is 7.24. The van der Waals surface area contributed by atoms with Crippen LogP contribution in [0.15, 0.2) is 53.3 Å². The number of likely N-dealkylation sites (tertiary alicyclic amines) is 1. The van der Waals surface area contributed by atoms with Crippen molar-refractivity contribution >= 4 is 28.5 Å². The van der Waals surface area contributed by atoms with Gasteiger partial charge in [0.05, 0.1) is 40.9 Å². The molecule has 0 radical (unpaired) electrons. The van der Waals surface area contributed by atoms with E-state index in [4.69, 9.17) is 33.2 Å². The lowest BCUT2D eigenvalue weighted by Crippen LogP contribution is -2.33. The Morgan fingerprint density at radius 1 is 0.769 bits per heavy atom. The van der Waals surface area contributed by atoms with Gasteiger partial charge in [-0.25, -0.2) is 9.59 Å². The number of esters is 1. The molecule has 5 rings (SSSR count). The van der Waals surface area contributed by atoms with Gasteiger partial charge < -0.3 is 33.2 Å². The maximum absolute atomic E-state index is 14.7. The summed E-state index contributed by atoms with van der Waals surface area (Å²) >= 11 is 0. The van der Waals surface area contributed by atoms with Gasteiger partial charge in [-0.3, -0.25) is 19.6 Å². The van der Waals surface area contributed by atoms with E-state index in [2.05, 4.69) is 10.2 Å². The van der Waals surface area contributed by atoms with Crippen LogP contribution in [0.2, 0.25) is 0 Å². The molecule has 1 aliphatic heterocycles. The minimum atomic E-state index is -0.778. The monoisotopic (exact) mass is 717 g/mol. The number of benzene rings is 3. The fraction of sp³-hybridized carbons (Fsp3) is 0.410. The summed E-state index contributed by atoms with van der Waals surface area (Å²) in [5, 5.41) is 3.35. The highest BCUT2D eigenvalue weighted by Gasteiger charge is 2.28. The number of hydrogen-bond donors (Lipinski definition) is 1. The van der Waals surface area contributed by atoms with Gasteiger partial charge in [0.25, 0.3) is 5.56 Å². The second-order valence-corrected chi connectivity index (χ2v) is 13.2. The van der Waals surface area contributed by atoms with Gasteiger partial charge in [0.2, 0.25) is 5.75 Å². The number of ether oxygens (including phenoxy) is 7. The lowest BCUT2D eigenvalue weighted by atomic mass is 9.95. The first kappa shape index (κ1) is 37.8. The summed E-state index contributed by atoms with van der Waals surface area (Å²) in [5.74, 6) is 1.00. The Morgan fingerprint density at radius 3 is 1.94 bits per heavy atom. The molecule has 4 aromatic rings. The Labute approximate surface area is 303 Å². The number of nitrogens with one attached hydrogen (secondary N) is 1. The summed E-state index contributed by atoms with van der Waals surface area (Å²) in [5.41, 5.74) is 0.294. The Bertz CT molecular complexity index is 1950. The number of rotatable bonds is 12. The Kier molecular flexibility index (Phi) is 11.8. The molecule has 1 fully saturated rings. The van der Waals surface area contributed by atoms with Crippen LogP contribution in [0.1, 0.15) is 50.5 Å². The van der Waals surface area contributed by atoms with Crippen molar-refractivity contribution in [2.75, 3.05) is 67.1 Å². The van der Waals surface area contributed by atoms with Crippen LogP contribution in [0.3, 0.4) is 0 Å². The summed E-state index contributed by atoms with van der Waals surface area (Å²) in [4.78, 5) is 43.4. The Balaban J connectivity index is 1.75. The van der Waals surface area contributed by atoms with E-state index in [0.29, 0.717) is 63.2 Å². The first-order valence-corrected chi connectivity index (χ1v) is 17.1. The number of carbonyl (C=O) groups excluding carboxylic acids is 2. The highest BCUT2D eigenvalue weighted by Crippen LogP contribution is 2.45. The van der Waals surface area contributed by atoms with Crippen LogP contribution in [0.4, 0.5) is 10.5 Å². The van der Waals surface area contributed by atoms with E-state index in [1.165, 1.54) is 46.5 Å². The number of aromatic nitrogens is 1. The van der Waals surface area contributed by atoms with Gasteiger partial charge in [0.15, 0.2) is 23.0 Å². The maximum atomic E-state index is 14.7. The molecule has 1 amide bonds. The normalized spacial score (nSPS) is 13.3. The number of hydrogen-bond acceptors (Lipinski definition) is 11. The quantitative estimate of drug-likeness (QED) is 0.157. The third-order valence-corrected chi connectivity index (χ3v) is 8.68. The Morgan fingerprint density at radius 2 is 1.38 bits per heavy atom. The number of nitrogens with zero attached hydrogens (tertiary/aromatic N) is 2. The molecular weight excluding hydrogens is 670 g/mol. The molecule has 3 aromatic carbocycles. The van der Waals surface area contributed by atoms with Gasteiger partial charge >= 0.3 is 12.1 Å². The number of anilines is 1. The molecule has 0 spiro atoms. The molecule has 1 aliphatic rings. The molecular formula is C39H47N3O10. The minimum absolute atomic E-state index is 0.0667. The van der Waals surface area contributed by atoms with Crippen molar-refractivity contribution < 1.29 is 42.7 Å². The standard InChI is InChI=1S/C39H47N3O10/c1-39(2,3)52-38(45)40-25-12-14-26(15-13-25)42-34(37(44)50-8)33(24-20-31(47-5)35(49-7)32(21-24)48-6)27-22-29(46-4)30(23-28(27)36(42)43)51-19-18-41-16-10-9-11-17-41/h12-15,20-23H,9-11,16-19H2,1-8H3,(H,40,45). The average molecular weight is 718 g/mol. The second kappa shape index (κ2) is 16.3. The predicted molar refractivity (Wildman–Crippen MR) is 198 cm³/mol. The van der Waals surface area contributed by atoms with Crippen LogP contribution < -0.4 is 34.6 Å². The van der Waals surface area contributed by atoms with Gasteiger partial charge in [-0.15, -0.1) is 0 Å². The fourth-order valence-corrected chi connectivity index (χ4v) is 6.31. The SMILES string of the molecule is COC(=O)c1c(-c2cc(OC)c(OC)c(OC)c2)c2cc(OC)c(OCCN3CCCCC3)cc2c(=O)n1-c1ccc(NC(=O)OC(C)(C)C)cc1. The molecule has 0 unspecified atom stereocenters. The molecule has 1 aromatic heterocycles. The van der Waals surface area contributed by atoms with Crippen molar-refractivity contribution in [2.45, 2.75) is 45.6 Å². The molecule has 0 saturated carbocycles. The van der Waals surface area contributed by atoms with E-state index >= 15 is 0 Å². The van der Waals surface area contributed by atoms with E-state index in [1.54, 1.807) is 69.3 Å². The molecule has 0 atom stereocenters. The number of amides is 1. The van der Waals surface area contributed by atoms with Crippen LogP contribution in [0.5, 0.6) is 28.7 Å². The van der Waals surface area contributed by atoms with Crippen LogP contribution >= 0.6 is 0 Å². The Hall–Kier alpha value is -5.43. The summed E-state index contributed by atoms with van der Waals surface area (Å²) in [6, 6.07) is 13.2. The van der Waals surface area contributed by atoms with Gasteiger partial charge in [-0.2, -0.15) is 0 Å². The van der Waals surface area contributed by atoms with E-state index in [0.717, 1.165) is 32.5 Å². The summed E-state index contributed by atoms with van der Waals surface area (Å²) in [6.07, 6.45) is 2.91. The number of methoxy groups -OCH3 is 5. The van der Waals surface area contributed by atoms with Crippen molar-refractivity contribution in [2.24, 2.45) is 0 Å². The van der Waals surface area contributed by atoms with Crippen molar-refractivity contribution in [3.8, 4) is 45.6 Å². The van der Waals surface area contributed by atoms with Crippen LogP contribution in [0, 0.1) is 0 Å². The molecule has 13 heteroatoms. The smallest absolute Gasteiger partial charge is 0.412 e. The number of fused-ring (bicyclic) bond motifs is 1. The fourth-order valence-electron chi connectivity index (χ4n) is 6.31. The van der Waals surface area contributed by atoms with Crippen LogP contribution in [-0.2, 0) is 9.47 Å². The van der Waals surface area contributed by atoms with Crippen LogP contribution in [0.25, 0.3) is 27.6 Å². The lowest BCUT2D eigenvalue weighted by molar-refractivity contribution is 0.0589. The highest BCUT2D eigenvalue weighted by molar-refractivity contribution is 6.08. The molecule has 278 valence electrons. The minimum Gasteiger partial charge on any atom is -0.493 e. The first-order valence-electron chi connectivity index (χ1n) is 17.1. The van der Waals surface area contributed by atoms with Crippen molar-refractivity contribution in [1.29, 1.82) is 0 Å². The lowest BCUT2D eigenvalue weighted by Gasteiger charge is -2.26. The van der Waals surface area contributed by atoms with Gasteiger partial charge in [0.1, 0.15) is 17.9 Å². The molecule has 13 nitrogen and oxygen atoms in total. The van der Waals surface area contributed by atoms with Gasteiger partial charge in [0, 0.05) is 28.9 Å². The first-order chi connectivity index (χ1) is 24.9. The molecule has 52 heavy (non-hydrogen) atoms. The van der Waals surface area contributed by atoms with Crippen molar-refractivity contribution in [1.82, 2.24) is 9.47 Å². The van der Waals surface area contributed by atoms with E-state index < -0.39 is 23.2 Å². The zero-order valence-electron chi connectivity index (χ0n) is 31.0. The molecule has 0 bridgehead atoms. The van der Waals surface area contributed by atoms with Crippen molar-refractivity contribution in [3.05, 3.63) is 64.6 Å². The third kappa shape index (κ3) is 8.20. The zero-order valence-corrected chi connectivity index (χ0v) is 31.0. The molecule has 2 heterocycles. The van der Waals surface area contributed by atoms with E-state index in [1.807, 2.05) is 0 Å². The average Bonchev–Trinajstić information content (AvgIpc) is 3.13.